The lowest BCUT2D eigenvalue weighted by Crippen LogP contribution is -2.51. The maximum atomic E-state index is 12.5. The normalized spacial score (nSPS) is 14.3. The number of carbonyl (C=O) groups is 1. The Labute approximate surface area is 163 Å². The smallest absolute Gasteiger partial charge is 0.317 e. The van der Waals surface area contributed by atoms with Crippen LogP contribution in [0.25, 0.3) is 11.1 Å². The number of amides is 2. The maximum Gasteiger partial charge on any atom is 0.317 e. The molecule has 1 fully saturated rings. The third-order valence-corrected chi connectivity index (χ3v) is 4.68. The molecule has 1 aromatic carbocycles. The average Bonchev–Trinajstić information content (AvgIpc) is 3.17. The standard InChI is InChI=1S/C20H23N5O3/c1-2-27-18-15(6-5-9-21-18)14-22-19(26)24-10-12-25(13-11-24)20-23-16-7-3-4-8-17(16)28-20/h3-9H,2,10-14H2,1H3,(H,22,26). The molecule has 0 aliphatic carbocycles. The van der Waals surface area contributed by atoms with Crippen LogP contribution in [0.15, 0.2) is 47.0 Å². The predicted octanol–water partition coefficient (Wildman–Crippen LogP) is 2.65. The topological polar surface area (TPSA) is 83.7 Å². The third kappa shape index (κ3) is 3.85. The summed E-state index contributed by atoms with van der Waals surface area (Å²) in [4.78, 5) is 25.1. The van der Waals surface area contributed by atoms with Gasteiger partial charge in [0.25, 0.3) is 6.01 Å². The van der Waals surface area contributed by atoms with Crippen molar-refractivity contribution in [1.82, 2.24) is 20.2 Å². The SMILES string of the molecule is CCOc1ncccc1CNC(=O)N1CCN(c2nc3ccccc3o2)CC1. The van der Waals surface area contributed by atoms with Crippen molar-refractivity contribution in [2.45, 2.75) is 13.5 Å². The fourth-order valence-electron chi connectivity index (χ4n) is 3.20. The number of nitrogens with one attached hydrogen (secondary N) is 1. The number of rotatable bonds is 5. The minimum Gasteiger partial charge on any atom is -0.478 e. The molecule has 1 N–H and O–H groups in total. The Morgan fingerprint density at radius 2 is 2.00 bits per heavy atom. The number of benzene rings is 1. The molecule has 1 aliphatic rings. The molecule has 8 nitrogen and oxygen atoms in total. The minimum absolute atomic E-state index is 0.0940. The Morgan fingerprint density at radius 3 is 2.79 bits per heavy atom. The number of pyridine rings is 1. The largest absolute Gasteiger partial charge is 0.478 e. The Hall–Kier alpha value is -3.29. The first-order valence-electron chi connectivity index (χ1n) is 9.44. The van der Waals surface area contributed by atoms with Gasteiger partial charge in [-0.25, -0.2) is 9.78 Å². The molecular weight excluding hydrogens is 358 g/mol. The summed E-state index contributed by atoms with van der Waals surface area (Å²) < 4.78 is 11.3. The van der Waals surface area contributed by atoms with Crippen LogP contribution in [0.2, 0.25) is 0 Å². The molecule has 1 aliphatic heterocycles. The van der Waals surface area contributed by atoms with Crippen LogP contribution in [0.1, 0.15) is 12.5 Å². The highest BCUT2D eigenvalue weighted by molar-refractivity contribution is 5.75. The van der Waals surface area contributed by atoms with Crippen LogP contribution >= 0.6 is 0 Å². The quantitative estimate of drug-likeness (QED) is 0.732. The van der Waals surface area contributed by atoms with Gasteiger partial charge in [-0.3, -0.25) is 0 Å². The van der Waals surface area contributed by atoms with Crippen molar-refractivity contribution >= 4 is 23.1 Å². The van der Waals surface area contributed by atoms with Gasteiger partial charge in [-0.2, -0.15) is 4.98 Å². The fourth-order valence-corrected chi connectivity index (χ4v) is 3.20. The summed E-state index contributed by atoms with van der Waals surface area (Å²) in [7, 11) is 0. The highest BCUT2D eigenvalue weighted by atomic mass is 16.5. The average molecular weight is 381 g/mol. The van der Waals surface area contributed by atoms with E-state index in [9.17, 15) is 4.79 Å². The summed E-state index contributed by atoms with van der Waals surface area (Å²) >= 11 is 0. The molecule has 4 rings (SSSR count). The summed E-state index contributed by atoms with van der Waals surface area (Å²) in [5, 5.41) is 2.95. The lowest BCUT2D eigenvalue weighted by Gasteiger charge is -2.33. The van der Waals surface area contributed by atoms with Crippen molar-refractivity contribution in [3.05, 3.63) is 48.2 Å². The number of anilines is 1. The number of urea groups is 1. The number of hydrogen-bond donors (Lipinski definition) is 1. The second-order valence-corrected chi connectivity index (χ2v) is 6.50. The van der Waals surface area contributed by atoms with E-state index in [0.717, 1.165) is 16.7 Å². The number of aromatic nitrogens is 2. The third-order valence-electron chi connectivity index (χ3n) is 4.68. The number of oxazole rings is 1. The molecule has 1 saturated heterocycles. The van der Waals surface area contributed by atoms with Crippen LogP contribution in [0.4, 0.5) is 10.8 Å². The fraction of sp³-hybridized carbons (Fsp3) is 0.350. The number of hydrogen-bond acceptors (Lipinski definition) is 6. The first kappa shape index (κ1) is 18.1. The van der Waals surface area contributed by atoms with Crippen molar-refractivity contribution in [1.29, 1.82) is 0 Å². The second-order valence-electron chi connectivity index (χ2n) is 6.50. The van der Waals surface area contributed by atoms with E-state index in [1.165, 1.54) is 0 Å². The highest BCUT2D eigenvalue weighted by Gasteiger charge is 2.24. The van der Waals surface area contributed by atoms with E-state index in [4.69, 9.17) is 9.15 Å². The molecule has 2 aromatic heterocycles. The molecule has 3 aromatic rings. The van der Waals surface area contributed by atoms with Gasteiger partial charge in [-0.1, -0.05) is 18.2 Å². The van der Waals surface area contributed by atoms with E-state index < -0.39 is 0 Å². The van der Waals surface area contributed by atoms with Crippen molar-refractivity contribution in [2.75, 3.05) is 37.7 Å². The molecule has 0 spiro atoms. The monoisotopic (exact) mass is 381 g/mol. The molecule has 146 valence electrons. The Kier molecular flexibility index (Phi) is 5.27. The molecule has 0 bridgehead atoms. The molecule has 3 heterocycles. The van der Waals surface area contributed by atoms with E-state index >= 15 is 0 Å². The first-order valence-corrected chi connectivity index (χ1v) is 9.44. The van der Waals surface area contributed by atoms with Gasteiger partial charge in [0.15, 0.2) is 5.58 Å². The van der Waals surface area contributed by atoms with E-state index in [-0.39, 0.29) is 6.03 Å². The van der Waals surface area contributed by atoms with E-state index in [1.807, 2.05) is 43.3 Å². The maximum absolute atomic E-state index is 12.5. The van der Waals surface area contributed by atoms with Gasteiger partial charge < -0.3 is 24.3 Å². The Morgan fingerprint density at radius 1 is 1.18 bits per heavy atom. The lowest BCUT2D eigenvalue weighted by molar-refractivity contribution is 0.193. The molecule has 8 heteroatoms. The number of nitrogens with zero attached hydrogens (tertiary/aromatic N) is 4. The molecule has 0 saturated carbocycles. The van der Waals surface area contributed by atoms with Crippen LogP contribution in [-0.4, -0.2) is 53.7 Å². The number of para-hydroxylation sites is 2. The molecular formula is C20H23N5O3. The molecule has 28 heavy (non-hydrogen) atoms. The zero-order valence-electron chi connectivity index (χ0n) is 15.8. The van der Waals surface area contributed by atoms with Crippen molar-refractivity contribution in [3.63, 3.8) is 0 Å². The van der Waals surface area contributed by atoms with Crippen LogP contribution in [0.3, 0.4) is 0 Å². The zero-order valence-corrected chi connectivity index (χ0v) is 15.8. The van der Waals surface area contributed by atoms with E-state index in [2.05, 4.69) is 20.2 Å². The molecule has 0 atom stereocenters. The summed E-state index contributed by atoms with van der Waals surface area (Å²) in [5.41, 5.74) is 2.49. The van der Waals surface area contributed by atoms with Crippen LogP contribution in [-0.2, 0) is 6.54 Å². The Balaban J connectivity index is 1.31. The highest BCUT2D eigenvalue weighted by Crippen LogP contribution is 2.22. The van der Waals surface area contributed by atoms with Gasteiger partial charge in [0.2, 0.25) is 5.88 Å². The second kappa shape index (κ2) is 8.16. The molecule has 2 amide bonds. The van der Waals surface area contributed by atoms with Gasteiger partial charge >= 0.3 is 6.03 Å². The van der Waals surface area contributed by atoms with E-state index in [1.54, 1.807) is 11.1 Å². The Bertz CT molecular complexity index is 917. The van der Waals surface area contributed by atoms with Gasteiger partial charge in [0, 0.05) is 44.5 Å². The minimum atomic E-state index is -0.0940. The summed E-state index contributed by atoms with van der Waals surface area (Å²) in [6.45, 7) is 5.40. The van der Waals surface area contributed by atoms with Gasteiger partial charge in [0.1, 0.15) is 5.52 Å². The number of ether oxygens (including phenoxy) is 1. The number of carbonyl (C=O) groups excluding carboxylic acids is 1. The first-order chi connectivity index (χ1) is 13.7. The zero-order chi connectivity index (χ0) is 19.3. The van der Waals surface area contributed by atoms with Gasteiger partial charge in [-0.15, -0.1) is 0 Å². The molecule has 0 radical (unpaired) electrons. The van der Waals surface area contributed by atoms with Crippen LogP contribution < -0.4 is 15.0 Å². The van der Waals surface area contributed by atoms with E-state index in [0.29, 0.717) is 51.2 Å². The number of fused-ring (bicyclic) bond motifs is 1. The molecule has 0 unspecified atom stereocenters. The summed E-state index contributed by atoms with van der Waals surface area (Å²) in [5.74, 6) is 0.561. The summed E-state index contributed by atoms with van der Waals surface area (Å²) in [6.07, 6.45) is 1.68. The van der Waals surface area contributed by atoms with Crippen LogP contribution in [0.5, 0.6) is 5.88 Å². The van der Waals surface area contributed by atoms with Crippen molar-refractivity contribution in [3.8, 4) is 5.88 Å². The van der Waals surface area contributed by atoms with Crippen molar-refractivity contribution < 1.29 is 13.9 Å². The summed E-state index contributed by atoms with van der Waals surface area (Å²) in [6, 6.07) is 12.0. The van der Waals surface area contributed by atoms with Crippen LogP contribution in [0, 0.1) is 0 Å². The van der Waals surface area contributed by atoms with Gasteiger partial charge in [0.05, 0.1) is 6.61 Å². The predicted molar refractivity (Wildman–Crippen MR) is 105 cm³/mol. The lowest BCUT2D eigenvalue weighted by atomic mass is 10.2. The van der Waals surface area contributed by atoms with Crippen molar-refractivity contribution in [2.24, 2.45) is 0 Å². The van der Waals surface area contributed by atoms with Gasteiger partial charge in [-0.05, 0) is 25.1 Å². The number of piperazine rings is 1.